The molecule has 200 valence electrons. The summed E-state index contributed by atoms with van der Waals surface area (Å²) in [7, 11) is 3.36. The molecule has 7 nitrogen and oxygen atoms in total. The van der Waals surface area contributed by atoms with Crippen molar-refractivity contribution in [3.8, 4) is 16.5 Å². The Morgan fingerprint density at radius 1 is 1.18 bits per heavy atom. The van der Waals surface area contributed by atoms with E-state index in [4.69, 9.17) is 37.4 Å². The summed E-state index contributed by atoms with van der Waals surface area (Å²) in [5.41, 5.74) is 2.09. The quantitative estimate of drug-likeness (QED) is 0.222. The Morgan fingerprint density at radius 2 is 1.95 bits per heavy atom. The van der Waals surface area contributed by atoms with Gasteiger partial charge in [0.15, 0.2) is 16.4 Å². The highest BCUT2D eigenvalue weighted by Gasteiger charge is 2.26. The summed E-state index contributed by atoms with van der Waals surface area (Å²) in [5.74, 6) is -0.715. The van der Waals surface area contributed by atoms with Crippen molar-refractivity contribution in [2.45, 2.75) is 32.0 Å². The summed E-state index contributed by atoms with van der Waals surface area (Å²) < 4.78 is 33.8. The molecule has 1 saturated heterocycles. The Kier molecular flexibility index (Phi) is 7.81. The minimum absolute atomic E-state index is 0.0249. The predicted octanol–water partition coefficient (Wildman–Crippen LogP) is 6.93. The van der Waals surface area contributed by atoms with Crippen LogP contribution in [0.2, 0.25) is 10.0 Å². The van der Waals surface area contributed by atoms with Gasteiger partial charge in [0, 0.05) is 29.7 Å². The van der Waals surface area contributed by atoms with Gasteiger partial charge < -0.3 is 19.1 Å². The van der Waals surface area contributed by atoms with Crippen molar-refractivity contribution in [3.05, 3.63) is 69.0 Å². The van der Waals surface area contributed by atoms with Crippen LogP contribution in [0.1, 0.15) is 41.1 Å². The molecule has 0 saturated carbocycles. The highest BCUT2D eigenvalue weighted by molar-refractivity contribution is 7.16. The molecule has 1 aliphatic rings. The topological polar surface area (TPSA) is 65.8 Å². The molecule has 0 N–H and O–H groups in total. The molecule has 2 aromatic heterocycles. The molecule has 1 fully saturated rings. The highest BCUT2D eigenvalue weighted by Crippen LogP contribution is 2.40. The first kappa shape index (κ1) is 26.7. The van der Waals surface area contributed by atoms with Crippen LogP contribution in [0.15, 0.2) is 42.7 Å². The Morgan fingerprint density at radius 3 is 2.68 bits per heavy atom. The number of methoxy groups -OCH3 is 1. The smallest absolute Gasteiger partial charge is 0.351 e. The lowest BCUT2D eigenvalue weighted by atomic mass is 10.1. The van der Waals surface area contributed by atoms with Crippen LogP contribution in [0.4, 0.5) is 4.39 Å². The number of aromatic nitrogens is 2. The number of hydrogen-bond donors (Lipinski definition) is 0. The number of carbonyl (C=O) groups is 1. The van der Waals surface area contributed by atoms with Crippen molar-refractivity contribution in [3.63, 3.8) is 0 Å². The fourth-order valence-corrected chi connectivity index (χ4v) is 5.97. The number of carbonyl (C=O) groups excluding carboxylic acids is 1. The van der Waals surface area contributed by atoms with Gasteiger partial charge in [-0.2, -0.15) is 0 Å². The van der Waals surface area contributed by atoms with Crippen LogP contribution >= 0.6 is 34.5 Å². The van der Waals surface area contributed by atoms with Crippen LogP contribution in [-0.4, -0.2) is 53.8 Å². The van der Waals surface area contributed by atoms with Gasteiger partial charge in [-0.05, 0) is 51.1 Å². The van der Waals surface area contributed by atoms with E-state index in [9.17, 15) is 9.18 Å². The third-order valence-electron chi connectivity index (χ3n) is 6.57. The van der Waals surface area contributed by atoms with Gasteiger partial charge in [0.2, 0.25) is 0 Å². The first-order valence-electron chi connectivity index (χ1n) is 12.1. The number of likely N-dealkylation sites (tertiary alicyclic amines) is 1. The molecule has 1 atom stereocenters. The average Bonchev–Trinajstić information content (AvgIpc) is 3.50. The zero-order valence-corrected chi connectivity index (χ0v) is 23.4. The zero-order chi connectivity index (χ0) is 27.0. The lowest BCUT2D eigenvalue weighted by Crippen LogP contribution is -2.35. The Bertz CT molecular complexity index is 1480. The first-order valence-corrected chi connectivity index (χ1v) is 13.7. The van der Waals surface area contributed by atoms with Crippen molar-refractivity contribution >= 4 is 51.5 Å². The van der Waals surface area contributed by atoms with E-state index in [2.05, 4.69) is 9.88 Å². The van der Waals surface area contributed by atoms with Crippen LogP contribution in [0.25, 0.3) is 16.0 Å². The number of hydrogen-bond acceptors (Lipinski definition) is 7. The number of rotatable bonds is 7. The van der Waals surface area contributed by atoms with E-state index in [-0.39, 0.29) is 21.8 Å². The lowest BCUT2D eigenvalue weighted by Gasteiger charge is -2.30. The minimum Gasteiger partial charge on any atom is -0.486 e. The second-order valence-electron chi connectivity index (χ2n) is 9.18. The van der Waals surface area contributed by atoms with Gasteiger partial charge in [0.25, 0.3) is 0 Å². The van der Waals surface area contributed by atoms with Gasteiger partial charge in [-0.25, -0.2) is 14.2 Å². The van der Waals surface area contributed by atoms with E-state index in [0.29, 0.717) is 21.3 Å². The maximum absolute atomic E-state index is 14.7. The monoisotopic (exact) mass is 577 g/mol. The molecule has 2 aromatic carbocycles. The molecular weight excluding hydrogens is 552 g/mol. The number of nitrogens with zero attached hydrogens (tertiary/aromatic N) is 3. The molecule has 3 heterocycles. The number of halogens is 3. The van der Waals surface area contributed by atoms with Gasteiger partial charge >= 0.3 is 5.97 Å². The van der Waals surface area contributed by atoms with Gasteiger partial charge in [-0.15, -0.1) is 11.3 Å². The van der Waals surface area contributed by atoms with Gasteiger partial charge in [-0.3, -0.25) is 4.57 Å². The summed E-state index contributed by atoms with van der Waals surface area (Å²) >= 11 is 14.0. The van der Waals surface area contributed by atoms with Crippen molar-refractivity contribution in [2.75, 3.05) is 27.2 Å². The molecule has 4 aromatic rings. The normalized spacial score (nSPS) is 15.5. The first-order chi connectivity index (χ1) is 18.2. The maximum atomic E-state index is 14.7. The minimum atomic E-state index is -0.618. The van der Waals surface area contributed by atoms with Crippen molar-refractivity contribution in [1.82, 2.24) is 14.5 Å². The summed E-state index contributed by atoms with van der Waals surface area (Å²) in [6, 6.07) is 10.0. The molecule has 0 bridgehead atoms. The SMILES string of the molecule is COC(=O)c1sc(-n2cnc3cc(Cl)ccc32)cc1O[C@H](C)c1ccc(F)c(OC2CCN(C)CC2)c1Cl. The molecule has 0 aliphatic carbocycles. The molecule has 0 spiro atoms. The fourth-order valence-electron chi connectivity index (χ4n) is 4.46. The van der Waals surface area contributed by atoms with Crippen molar-refractivity contribution in [2.24, 2.45) is 0 Å². The van der Waals surface area contributed by atoms with E-state index in [1.165, 1.54) is 24.5 Å². The van der Waals surface area contributed by atoms with E-state index in [1.54, 1.807) is 37.5 Å². The Labute approximate surface area is 233 Å². The van der Waals surface area contributed by atoms with Crippen LogP contribution in [0.3, 0.4) is 0 Å². The fraction of sp³-hybridized carbons (Fsp3) is 0.333. The molecule has 1 aliphatic heterocycles. The number of piperidine rings is 1. The molecule has 0 radical (unpaired) electrons. The number of benzene rings is 2. The summed E-state index contributed by atoms with van der Waals surface area (Å²) in [6.45, 7) is 3.53. The zero-order valence-electron chi connectivity index (χ0n) is 21.0. The van der Waals surface area contributed by atoms with E-state index >= 15 is 0 Å². The number of esters is 1. The molecule has 5 rings (SSSR count). The van der Waals surface area contributed by atoms with Gasteiger partial charge in [-0.1, -0.05) is 29.3 Å². The number of ether oxygens (including phenoxy) is 3. The van der Waals surface area contributed by atoms with Crippen LogP contribution in [0.5, 0.6) is 11.5 Å². The maximum Gasteiger partial charge on any atom is 0.351 e. The largest absolute Gasteiger partial charge is 0.486 e. The number of fused-ring (bicyclic) bond motifs is 1. The molecule has 38 heavy (non-hydrogen) atoms. The summed E-state index contributed by atoms with van der Waals surface area (Å²) in [4.78, 5) is 19.5. The second-order valence-corrected chi connectivity index (χ2v) is 11.0. The molecule has 0 amide bonds. The number of thiophene rings is 1. The Balaban J connectivity index is 1.44. The predicted molar refractivity (Wildman–Crippen MR) is 147 cm³/mol. The van der Waals surface area contributed by atoms with E-state index in [1.807, 2.05) is 17.7 Å². The summed E-state index contributed by atoms with van der Waals surface area (Å²) in [5, 5.41) is 1.44. The third kappa shape index (κ3) is 5.33. The van der Waals surface area contributed by atoms with Crippen LogP contribution < -0.4 is 9.47 Å². The molecule has 0 unspecified atom stereocenters. The van der Waals surface area contributed by atoms with E-state index < -0.39 is 17.9 Å². The van der Waals surface area contributed by atoms with Gasteiger partial charge in [0.05, 0.1) is 23.2 Å². The van der Waals surface area contributed by atoms with Crippen molar-refractivity contribution in [1.29, 1.82) is 0 Å². The highest BCUT2D eigenvalue weighted by atomic mass is 35.5. The lowest BCUT2D eigenvalue weighted by molar-refractivity contribution is 0.0600. The standard InChI is InChI=1S/C27H26Cl2FN3O4S/c1-15(18-5-6-19(30)25(24(18)29)37-17-8-10-32(2)11-9-17)36-22-13-23(38-26(22)27(34)35-3)33-14-31-20-12-16(28)4-7-21(20)33/h4-7,12-15,17H,8-11H2,1-3H3/t15-/m1/s1. The van der Waals surface area contributed by atoms with Crippen LogP contribution in [0, 0.1) is 5.82 Å². The Hall–Kier alpha value is -2.85. The third-order valence-corrected chi connectivity index (χ3v) is 8.29. The van der Waals surface area contributed by atoms with Crippen LogP contribution in [-0.2, 0) is 4.74 Å². The molecular formula is C27H26Cl2FN3O4S. The van der Waals surface area contributed by atoms with Gasteiger partial charge in [0.1, 0.15) is 29.3 Å². The summed E-state index contributed by atoms with van der Waals surface area (Å²) in [6.07, 6.45) is 2.50. The van der Waals surface area contributed by atoms with E-state index in [0.717, 1.165) is 37.0 Å². The molecule has 11 heteroatoms. The number of imidazole rings is 1. The average molecular weight is 578 g/mol. The second kappa shape index (κ2) is 11.1. The van der Waals surface area contributed by atoms with Crippen molar-refractivity contribution < 1.29 is 23.4 Å².